The van der Waals surface area contributed by atoms with E-state index in [9.17, 15) is 13.9 Å². The molecule has 0 fully saturated rings. The Hall–Kier alpha value is -3.05. The predicted octanol–water partition coefficient (Wildman–Crippen LogP) is 6.03. The number of imidazole rings is 1. The highest BCUT2D eigenvalue weighted by Gasteiger charge is 2.21. The third-order valence-electron chi connectivity index (χ3n) is 4.56. The van der Waals surface area contributed by atoms with Gasteiger partial charge in [-0.15, -0.1) is 6.58 Å². The molecule has 2 aromatic carbocycles. The average Bonchev–Trinajstić information content (AvgIpc) is 3.07. The van der Waals surface area contributed by atoms with Crippen LogP contribution in [0.3, 0.4) is 0 Å². The molecule has 0 saturated heterocycles. The van der Waals surface area contributed by atoms with Crippen molar-refractivity contribution in [3.63, 3.8) is 0 Å². The molecular formula is C24H24F2N2O. The predicted molar refractivity (Wildman–Crippen MR) is 113 cm³/mol. The molecule has 1 heterocycles. The van der Waals surface area contributed by atoms with Crippen molar-refractivity contribution in [1.82, 2.24) is 9.55 Å². The fourth-order valence-corrected chi connectivity index (χ4v) is 3.14. The summed E-state index contributed by atoms with van der Waals surface area (Å²) in [6.07, 6.45) is 4.86. The Morgan fingerprint density at radius 3 is 2.07 bits per heavy atom. The minimum absolute atomic E-state index is 0.0876. The maximum atomic E-state index is 13.5. The molecule has 0 aliphatic heterocycles. The number of nitrogens with zero attached hydrogens (tertiary/aromatic N) is 2. The molecule has 1 unspecified atom stereocenters. The highest BCUT2D eigenvalue weighted by molar-refractivity contribution is 5.80. The third-order valence-corrected chi connectivity index (χ3v) is 4.56. The lowest BCUT2D eigenvalue weighted by Gasteiger charge is -2.12. The van der Waals surface area contributed by atoms with Gasteiger partial charge in [0.2, 0.25) is 0 Å². The molecule has 0 aliphatic carbocycles. The van der Waals surface area contributed by atoms with Crippen LogP contribution in [0.4, 0.5) is 8.78 Å². The van der Waals surface area contributed by atoms with E-state index in [1.807, 2.05) is 18.4 Å². The molecule has 0 amide bonds. The molecule has 1 N–H and O–H groups in total. The van der Waals surface area contributed by atoms with Gasteiger partial charge in [-0.3, -0.25) is 0 Å². The molecule has 0 bridgehead atoms. The zero-order valence-electron chi connectivity index (χ0n) is 16.5. The first-order valence-electron chi connectivity index (χ1n) is 9.52. The number of aliphatic hydroxyl groups excluding tert-OH is 1. The van der Waals surface area contributed by atoms with Gasteiger partial charge in [0.05, 0.1) is 17.5 Å². The average molecular weight is 394 g/mol. The first kappa shape index (κ1) is 20.7. The smallest absolute Gasteiger partial charge is 0.123 e. The molecule has 5 heteroatoms. The summed E-state index contributed by atoms with van der Waals surface area (Å²) < 4.78 is 28.9. The molecule has 3 nitrogen and oxygen atoms in total. The van der Waals surface area contributed by atoms with Crippen LogP contribution in [0.1, 0.15) is 32.0 Å². The highest BCUT2D eigenvalue weighted by atomic mass is 19.1. The summed E-state index contributed by atoms with van der Waals surface area (Å²) in [5.74, 6) is 0.215. The van der Waals surface area contributed by atoms with E-state index < -0.39 is 6.10 Å². The van der Waals surface area contributed by atoms with Crippen LogP contribution >= 0.6 is 0 Å². The van der Waals surface area contributed by atoms with E-state index >= 15 is 0 Å². The lowest BCUT2D eigenvalue weighted by atomic mass is 10.0. The lowest BCUT2D eigenvalue weighted by Crippen LogP contribution is -2.04. The Labute approximate surface area is 169 Å². The molecule has 3 rings (SSSR count). The Balaban J connectivity index is 2.24. The van der Waals surface area contributed by atoms with Crippen molar-refractivity contribution in [2.24, 2.45) is 0 Å². The quantitative estimate of drug-likeness (QED) is 0.497. The second-order valence-corrected chi connectivity index (χ2v) is 7.14. The van der Waals surface area contributed by atoms with E-state index in [0.29, 0.717) is 12.1 Å². The number of benzene rings is 2. The maximum absolute atomic E-state index is 13.5. The Morgan fingerprint density at radius 1 is 1.00 bits per heavy atom. The van der Waals surface area contributed by atoms with Crippen LogP contribution in [0.2, 0.25) is 0 Å². The normalized spacial score (nSPS) is 12.6. The first-order valence-corrected chi connectivity index (χ1v) is 9.52. The molecule has 0 spiro atoms. The molecule has 1 atom stereocenters. The van der Waals surface area contributed by atoms with E-state index in [2.05, 4.69) is 6.58 Å². The van der Waals surface area contributed by atoms with Gasteiger partial charge in [0.25, 0.3) is 0 Å². The van der Waals surface area contributed by atoms with Crippen LogP contribution in [0.5, 0.6) is 0 Å². The van der Waals surface area contributed by atoms with Gasteiger partial charge < -0.3 is 9.67 Å². The molecule has 150 valence electrons. The molecule has 0 aliphatic rings. The van der Waals surface area contributed by atoms with Gasteiger partial charge in [-0.1, -0.05) is 19.9 Å². The fourth-order valence-electron chi connectivity index (χ4n) is 3.14. The molecule has 0 saturated carbocycles. The Morgan fingerprint density at radius 2 is 1.55 bits per heavy atom. The zero-order chi connectivity index (χ0) is 21.0. The summed E-state index contributed by atoms with van der Waals surface area (Å²) in [6.45, 7) is 7.69. The largest absolute Gasteiger partial charge is 0.389 e. The van der Waals surface area contributed by atoms with Crippen LogP contribution in [-0.4, -0.2) is 20.8 Å². The number of aromatic nitrogens is 2. The monoisotopic (exact) mass is 394 g/mol. The van der Waals surface area contributed by atoms with E-state index in [-0.39, 0.29) is 17.6 Å². The molecule has 29 heavy (non-hydrogen) atoms. The summed E-state index contributed by atoms with van der Waals surface area (Å²) in [5.41, 5.74) is 2.95. The number of hydrogen-bond acceptors (Lipinski definition) is 2. The van der Waals surface area contributed by atoms with E-state index in [0.717, 1.165) is 22.6 Å². The van der Waals surface area contributed by atoms with Crippen LogP contribution in [-0.2, 0) is 0 Å². The maximum Gasteiger partial charge on any atom is 0.123 e. The van der Waals surface area contributed by atoms with Crippen molar-refractivity contribution in [3.8, 4) is 22.5 Å². The van der Waals surface area contributed by atoms with Gasteiger partial charge in [0.15, 0.2) is 0 Å². The number of rotatable bonds is 7. The van der Waals surface area contributed by atoms with Crippen molar-refractivity contribution >= 4 is 6.20 Å². The third kappa shape index (κ3) is 4.69. The first-order chi connectivity index (χ1) is 13.9. The minimum Gasteiger partial charge on any atom is -0.389 e. The highest BCUT2D eigenvalue weighted by Crippen LogP contribution is 2.35. The van der Waals surface area contributed by atoms with Crippen molar-refractivity contribution < 1.29 is 13.9 Å². The van der Waals surface area contributed by atoms with Crippen molar-refractivity contribution in [1.29, 1.82) is 0 Å². The van der Waals surface area contributed by atoms with E-state index in [4.69, 9.17) is 4.98 Å². The van der Waals surface area contributed by atoms with Crippen LogP contribution in [0.15, 0.2) is 67.3 Å². The molecule has 3 aromatic rings. The van der Waals surface area contributed by atoms with Crippen molar-refractivity contribution in [2.75, 3.05) is 0 Å². The van der Waals surface area contributed by atoms with Gasteiger partial charge in [-0.05, 0) is 61.0 Å². The SMILES string of the molecule is C=CCC(O)C=Cn1c(C(C)C)nc(-c2ccc(F)cc2)c1-c1ccc(F)cc1. The molecule has 0 radical (unpaired) electrons. The summed E-state index contributed by atoms with van der Waals surface area (Å²) >= 11 is 0. The number of hydrogen-bond donors (Lipinski definition) is 1. The topological polar surface area (TPSA) is 38.0 Å². The fraction of sp³-hybridized carbons (Fsp3) is 0.208. The molecular weight excluding hydrogens is 370 g/mol. The zero-order valence-corrected chi connectivity index (χ0v) is 16.5. The van der Waals surface area contributed by atoms with E-state index in [1.165, 1.54) is 24.3 Å². The van der Waals surface area contributed by atoms with Crippen LogP contribution < -0.4 is 0 Å². The Kier molecular flexibility index (Phi) is 6.39. The lowest BCUT2D eigenvalue weighted by molar-refractivity contribution is 0.227. The molecule has 1 aromatic heterocycles. The second-order valence-electron chi connectivity index (χ2n) is 7.14. The van der Waals surface area contributed by atoms with Crippen LogP contribution in [0, 0.1) is 11.6 Å². The summed E-state index contributed by atoms with van der Waals surface area (Å²) in [7, 11) is 0. The summed E-state index contributed by atoms with van der Waals surface area (Å²) in [4.78, 5) is 4.83. The van der Waals surface area contributed by atoms with Crippen molar-refractivity contribution in [2.45, 2.75) is 32.3 Å². The number of aliphatic hydroxyl groups is 1. The van der Waals surface area contributed by atoms with Crippen LogP contribution in [0.25, 0.3) is 28.7 Å². The second kappa shape index (κ2) is 8.97. The van der Waals surface area contributed by atoms with Gasteiger partial charge >= 0.3 is 0 Å². The minimum atomic E-state index is -0.676. The Bertz CT molecular complexity index is 1000. The summed E-state index contributed by atoms with van der Waals surface area (Å²) in [5, 5.41) is 10.1. The standard InChI is InChI=1S/C24H24F2N2O/c1-4-5-21(29)14-15-28-23(18-8-12-20(26)13-9-18)22(27-24(28)16(2)3)17-6-10-19(25)11-7-17/h4,6-16,21,29H,1,5H2,2-3H3. The van der Waals surface area contributed by atoms with Gasteiger partial charge in [-0.2, -0.15) is 0 Å². The number of halogens is 2. The van der Waals surface area contributed by atoms with Gasteiger partial charge in [-0.25, -0.2) is 13.8 Å². The van der Waals surface area contributed by atoms with Crippen molar-refractivity contribution in [3.05, 3.63) is 84.7 Å². The summed E-state index contributed by atoms with van der Waals surface area (Å²) in [6, 6.07) is 12.3. The van der Waals surface area contributed by atoms with Gasteiger partial charge in [0.1, 0.15) is 17.5 Å². The van der Waals surface area contributed by atoms with E-state index in [1.54, 1.807) is 42.6 Å². The van der Waals surface area contributed by atoms with Gasteiger partial charge in [0, 0.05) is 23.2 Å².